The number of carboxylic acid groups (broad SMARTS) is 1. The van der Waals surface area contributed by atoms with E-state index in [-0.39, 0.29) is 52.3 Å². The molecule has 6 rings (SSSR count). The maximum atomic E-state index is 13.3. The van der Waals surface area contributed by atoms with E-state index >= 15 is 0 Å². The number of hydrogen-bond donors (Lipinski definition) is 2. The number of phenols is 1. The van der Waals surface area contributed by atoms with Crippen LogP contribution in [-0.2, 0) is 11.8 Å². The van der Waals surface area contributed by atoms with Crippen LogP contribution in [0.2, 0.25) is 0 Å². The van der Waals surface area contributed by atoms with Crippen molar-refractivity contribution in [3.8, 4) is 17.2 Å². The smallest absolute Gasteiger partial charge is 0.339 e. The van der Waals surface area contributed by atoms with Crippen molar-refractivity contribution < 1.29 is 29.3 Å². The van der Waals surface area contributed by atoms with Crippen molar-refractivity contribution in [1.29, 1.82) is 0 Å². The number of aromatic hydroxyl groups is 1. The van der Waals surface area contributed by atoms with Crippen molar-refractivity contribution >= 4 is 11.8 Å². The Labute approximate surface area is 222 Å². The molecule has 2 bridgehead atoms. The first kappa shape index (κ1) is 24.5. The van der Waals surface area contributed by atoms with Crippen molar-refractivity contribution in [3.63, 3.8) is 0 Å². The van der Waals surface area contributed by atoms with Crippen molar-refractivity contribution in [3.05, 3.63) is 88.5 Å². The molecule has 4 unspecified atom stereocenters. The Balaban J connectivity index is 1.27. The molecule has 1 heterocycles. The number of carbonyl (C=O) groups is 2. The zero-order chi connectivity index (χ0) is 26.9. The van der Waals surface area contributed by atoms with Gasteiger partial charge in [0.15, 0.2) is 12.4 Å². The van der Waals surface area contributed by atoms with Crippen LogP contribution in [0.5, 0.6) is 17.2 Å². The summed E-state index contributed by atoms with van der Waals surface area (Å²) in [6.45, 7) is 6.65. The molecule has 4 atom stereocenters. The minimum Gasteiger partial charge on any atom is -0.507 e. The molecule has 3 aromatic rings. The minimum atomic E-state index is -1.23. The summed E-state index contributed by atoms with van der Waals surface area (Å²) in [4.78, 5) is 25.0. The summed E-state index contributed by atoms with van der Waals surface area (Å²) in [7, 11) is 0. The first-order valence-electron chi connectivity index (χ1n) is 13.2. The number of aromatic carboxylic acids is 1. The predicted octanol–water partition coefficient (Wildman–Crippen LogP) is 6.17. The van der Waals surface area contributed by atoms with Crippen LogP contribution < -0.4 is 9.47 Å². The van der Waals surface area contributed by atoms with Gasteiger partial charge in [-0.3, -0.25) is 4.79 Å². The largest absolute Gasteiger partial charge is 0.507 e. The van der Waals surface area contributed by atoms with Gasteiger partial charge in [-0.25, -0.2) is 4.79 Å². The van der Waals surface area contributed by atoms with Crippen LogP contribution >= 0.6 is 0 Å². The van der Waals surface area contributed by atoms with E-state index in [2.05, 4.69) is 20.8 Å². The van der Waals surface area contributed by atoms with Crippen molar-refractivity contribution in [1.82, 2.24) is 0 Å². The third kappa shape index (κ3) is 3.32. The molecule has 6 heteroatoms. The number of ketones is 1. The Kier molecular flexibility index (Phi) is 5.39. The Morgan fingerprint density at radius 1 is 1.05 bits per heavy atom. The molecule has 1 aliphatic heterocycles. The Morgan fingerprint density at radius 3 is 2.55 bits per heavy atom. The molecule has 3 aliphatic rings. The quantitative estimate of drug-likeness (QED) is 0.368. The molecule has 2 N–H and O–H groups in total. The lowest BCUT2D eigenvalue weighted by Gasteiger charge is -2.48. The number of Topliss-reactive ketones (excluding diaryl/α,β-unsaturated/α-hetero) is 1. The predicted molar refractivity (Wildman–Crippen MR) is 142 cm³/mol. The van der Waals surface area contributed by atoms with E-state index in [0.717, 1.165) is 29.7 Å². The van der Waals surface area contributed by atoms with Crippen LogP contribution in [0.3, 0.4) is 0 Å². The fourth-order valence-electron chi connectivity index (χ4n) is 7.49. The summed E-state index contributed by atoms with van der Waals surface area (Å²) in [6, 6.07) is 17.9. The van der Waals surface area contributed by atoms with Crippen LogP contribution in [0.1, 0.15) is 77.4 Å². The molecule has 0 spiro atoms. The zero-order valence-corrected chi connectivity index (χ0v) is 21.9. The van der Waals surface area contributed by atoms with Gasteiger partial charge in [-0.15, -0.1) is 0 Å². The van der Waals surface area contributed by atoms with Gasteiger partial charge in [0.05, 0.1) is 0 Å². The van der Waals surface area contributed by atoms with Crippen LogP contribution in [0.4, 0.5) is 0 Å². The zero-order valence-electron chi connectivity index (χ0n) is 21.9. The van der Waals surface area contributed by atoms with Crippen molar-refractivity contribution in [2.75, 3.05) is 6.61 Å². The standard InChI is InChI=1S/C32H32O6/c1-30-14-13-21(17-30)32(3)31(30,2)24-16-20(9-11-27(24)38-32)25(33)18-37-26-12-10-22(29(35)36)28(34)23(26)15-19-7-5-4-6-8-19/h4-12,16,21,34H,13-15,17-18H2,1-3H3,(H,35,36). The Morgan fingerprint density at radius 2 is 1.82 bits per heavy atom. The van der Waals surface area contributed by atoms with Gasteiger partial charge in [0.2, 0.25) is 0 Å². The summed E-state index contributed by atoms with van der Waals surface area (Å²) >= 11 is 0. The lowest BCUT2D eigenvalue weighted by Crippen LogP contribution is -2.54. The van der Waals surface area contributed by atoms with Crippen molar-refractivity contribution in [2.45, 2.75) is 57.5 Å². The first-order valence-corrected chi connectivity index (χ1v) is 13.2. The molecule has 0 radical (unpaired) electrons. The van der Waals surface area contributed by atoms with E-state index in [4.69, 9.17) is 9.47 Å². The SMILES string of the molecule is CC12CCC(C1)C1(C)Oc3ccc(C(=O)COc4ccc(C(=O)O)c(O)c4Cc4ccccc4)cc3C21C. The summed E-state index contributed by atoms with van der Waals surface area (Å²) in [5, 5.41) is 20.2. The third-order valence-electron chi connectivity index (χ3n) is 9.94. The first-order chi connectivity index (χ1) is 18.1. The van der Waals surface area contributed by atoms with Gasteiger partial charge in [0.25, 0.3) is 0 Å². The van der Waals surface area contributed by atoms with E-state index in [0.29, 0.717) is 17.0 Å². The molecular formula is C32H32O6. The summed E-state index contributed by atoms with van der Waals surface area (Å²) in [5.74, 6) is -0.103. The molecule has 2 saturated carbocycles. The molecule has 196 valence electrons. The molecule has 3 aromatic carbocycles. The van der Waals surface area contributed by atoms with Gasteiger partial charge in [-0.1, -0.05) is 44.2 Å². The van der Waals surface area contributed by atoms with Crippen LogP contribution in [0.15, 0.2) is 60.7 Å². The van der Waals surface area contributed by atoms with Gasteiger partial charge < -0.3 is 19.7 Å². The molecule has 0 aromatic heterocycles. The second kappa shape index (κ2) is 8.35. The molecule has 6 nitrogen and oxygen atoms in total. The highest BCUT2D eigenvalue weighted by molar-refractivity contribution is 5.98. The van der Waals surface area contributed by atoms with Gasteiger partial charge in [-0.05, 0) is 73.4 Å². The van der Waals surface area contributed by atoms with E-state index in [1.165, 1.54) is 18.6 Å². The number of ether oxygens (including phenoxy) is 2. The number of fused-ring (bicyclic) bond motifs is 7. The maximum Gasteiger partial charge on any atom is 0.339 e. The molecule has 0 saturated heterocycles. The fraction of sp³-hybridized carbons (Fsp3) is 0.375. The number of carboxylic acids is 1. The molecule has 2 aliphatic carbocycles. The Bertz CT molecular complexity index is 1460. The highest BCUT2D eigenvalue weighted by atomic mass is 16.5. The van der Waals surface area contributed by atoms with Gasteiger partial charge >= 0.3 is 5.97 Å². The van der Waals surface area contributed by atoms with Crippen LogP contribution in [0, 0.1) is 11.3 Å². The normalized spacial score (nSPS) is 28.4. The monoisotopic (exact) mass is 512 g/mol. The summed E-state index contributed by atoms with van der Waals surface area (Å²) in [6.07, 6.45) is 3.74. The number of carbonyl (C=O) groups excluding carboxylic acids is 1. The van der Waals surface area contributed by atoms with Crippen molar-refractivity contribution in [2.24, 2.45) is 11.3 Å². The van der Waals surface area contributed by atoms with E-state index < -0.39 is 5.97 Å². The molecule has 2 fully saturated rings. The van der Waals surface area contributed by atoms with Crippen LogP contribution in [0.25, 0.3) is 0 Å². The maximum absolute atomic E-state index is 13.3. The van der Waals surface area contributed by atoms with E-state index in [9.17, 15) is 19.8 Å². The second-order valence-electron chi connectivity index (χ2n) is 11.7. The lowest BCUT2D eigenvalue weighted by molar-refractivity contribution is -0.0260. The topological polar surface area (TPSA) is 93.1 Å². The third-order valence-corrected chi connectivity index (χ3v) is 9.94. The molecule has 38 heavy (non-hydrogen) atoms. The minimum absolute atomic E-state index is 0.131. The number of rotatable bonds is 7. The molecule has 0 amide bonds. The average Bonchev–Trinajstić information content (AvgIpc) is 3.47. The van der Waals surface area contributed by atoms with Crippen LogP contribution in [-0.4, -0.2) is 34.2 Å². The number of benzene rings is 3. The fourth-order valence-corrected chi connectivity index (χ4v) is 7.49. The van der Waals surface area contributed by atoms with Gasteiger partial charge in [0.1, 0.15) is 28.4 Å². The van der Waals surface area contributed by atoms with E-state index in [1.54, 1.807) is 6.07 Å². The average molecular weight is 513 g/mol. The highest BCUT2D eigenvalue weighted by Crippen LogP contribution is 2.73. The second-order valence-corrected chi connectivity index (χ2v) is 11.7. The van der Waals surface area contributed by atoms with E-state index in [1.807, 2.05) is 42.5 Å². The molecular weight excluding hydrogens is 480 g/mol. The summed E-state index contributed by atoms with van der Waals surface area (Å²) in [5.41, 5.74) is 2.37. The van der Waals surface area contributed by atoms with Gasteiger partial charge in [0, 0.05) is 28.5 Å². The number of hydrogen-bond acceptors (Lipinski definition) is 5. The lowest BCUT2D eigenvalue weighted by atomic mass is 9.56. The highest BCUT2D eigenvalue weighted by Gasteiger charge is 2.73. The summed E-state index contributed by atoms with van der Waals surface area (Å²) < 4.78 is 12.5. The van der Waals surface area contributed by atoms with Gasteiger partial charge in [-0.2, -0.15) is 0 Å². The Hall–Kier alpha value is -3.80.